The molecule has 9 atom stereocenters. The summed E-state index contributed by atoms with van der Waals surface area (Å²) in [5, 5.41) is 26.2. The van der Waals surface area contributed by atoms with Crippen molar-refractivity contribution in [1.29, 1.82) is 0 Å². The van der Waals surface area contributed by atoms with E-state index in [0.717, 1.165) is 0 Å². The molecule has 0 aliphatic heterocycles. The predicted octanol–water partition coefficient (Wildman–Crippen LogP) is 3.65. The number of halogens is 1. The number of hydrogen-bond donors (Lipinski definition) is 3. The Balaban J connectivity index is 1.60. The van der Waals surface area contributed by atoms with Crippen LogP contribution in [0.3, 0.4) is 0 Å². The third kappa shape index (κ3) is 3.91. The van der Waals surface area contributed by atoms with Crippen LogP contribution in [-0.2, 0) is 14.4 Å². The van der Waals surface area contributed by atoms with Crippen LogP contribution >= 0.6 is 11.8 Å². The Hall–Kier alpha value is -1.51. The fourth-order valence-corrected chi connectivity index (χ4v) is 9.60. The van der Waals surface area contributed by atoms with Crippen LogP contribution in [0, 0.1) is 40.4 Å². The smallest absolute Gasteiger partial charge is 0.223 e. The normalized spacial score (nSPS) is 43.5. The average molecular weight is 540 g/mol. The first-order valence-corrected chi connectivity index (χ1v) is 14.7. The van der Waals surface area contributed by atoms with Crippen molar-refractivity contribution >= 4 is 29.2 Å². The van der Waals surface area contributed by atoms with E-state index >= 15 is 4.39 Å². The summed E-state index contributed by atoms with van der Waals surface area (Å²) >= 11 is 1.35. The second-order valence-electron chi connectivity index (χ2n) is 12.6. The van der Waals surface area contributed by atoms with Gasteiger partial charge in [-0.2, -0.15) is 11.8 Å². The molecule has 8 heteroatoms. The summed E-state index contributed by atoms with van der Waals surface area (Å²) in [6.07, 6.45) is 4.62. The van der Waals surface area contributed by atoms with Gasteiger partial charge in [0.15, 0.2) is 17.2 Å². The number of carbonyl (C=O) groups is 3. The Labute approximate surface area is 223 Å². The maximum atomic E-state index is 17.3. The highest BCUT2D eigenvalue weighted by atomic mass is 32.2. The maximum absolute atomic E-state index is 17.3. The van der Waals surface area contributed by atoms with E-state index in [0.29, 0.717) is 30.6 Å². The lowest BCUT2D eigenvalue weighted by Gasteiger charge is -2.62. The summed E-state index contributed by atoms with van der Waals surface area (Å²) in [7, 11) is 1.60. The number of Topliss-reactive ketones (excluding diaryl/α,β-unsaturated/α-hetero) is 1. The van der Waals surface area contributed by atoms with E-state index < -0.39 is 40.0 Å². The standard InChI is InChI=1S/C29H42FNO5S/c1-16(2)20(25(35)31-6)14-37-15-24(34)29(36)17(3)11-22-21-8-7-18-12-19(32)9-10-26(18,4)28(21,30)23(33)13-27(22,29)5/h9-10,12,16-17,20-23,33,36H,7-8,11,13-15H2,1-6H3,(H,31,35)/t17-,20?,21+,22+,23+,26+,27+,28+,29+/m1/s1/i1+2,2+2. The maximum Gasteiger partial charge on any atom is 0.223 e. The first kappa shape index (κ1) is 28.5. The van der Waals surface area contributed by atoms with E-state index in [1.165, 1.54) is 23.9 Å². The minimum Gasteiger partial charge on any atom is -0.390 e. The van der Waals surface area contributed by atoms with Gasteiger partial charge in [0, 0.05) is 35.5 Å². The molecule has 1 unspecified atom stereocenters. The summed E-state index contributed by atoms with van der Waals surface area (Å²) in [5.74, 6) is -1.37. The largest absolute Gasteiger partial charge is 0.390 e. The number of fused-ring (bicyclic) bond motifs is 5. The Bertz CT molecular complexity index is 1040. The molecule has 4 rings (SSSR count). The summed E-state index contributed by atoms with van der Waals surface area (Å²) in [5.41, 5.74) is -5.04. The molecule has 0 bridgehead atoms. The van der Waals surface area contributed by atoms with E-state index in [2.05, 4.69) is 5.32 Å². The Kier molecular flexibility index (Phi) is 7.39. The highest BCUT2D eigenvalue weighted by molar-refractivity contribution is 8.00. The van der Waals surface area contributed by atoms with Gasteiger partial charge in [-0.3, -0.25) is 14.4 Å². The molecule has 0 radical (unpaired) electrons. The predicted molar refractivity (Wildman–Crippen MR) is 143 cm³/mol. The van der Waals surface area contributed by atoms with Gasteiger partial charge in [0.2, 0.25) is 5.91 Å². The highest BCUT2D eigenvalue weighted by Gasteiger charge is 2.75. The zero-order valence-corrected chi connectivity index (χ0v) is 23.7. The molecule has 0 aromatic rings. The van der Waals surface area contributed by atoms with Gasteiger partial charge in [0.1, 0.15) is 5.60 Å². The number of aliphatic hydroxyl groups excluding tert-OH is 1. The van der Waals surface area contributed by atoms with Gasteiger partial charge < -0.3 is 15.5 Å². The second-order valence-corrected chi connectivity index (χ2v) is 13.6. The molecule has 0 spiro atoms. The molecule has 3 saturated carbocycles. The zero-order chi connectivity index (χ0) is 27.6. The average Bonchev–Trinajstić information content (AvgIpc) is 3.04. The van der Waals surface area contributed by atoms with Crippen molar-refractivity contribution in [3.8, 4) is 0 Å². The van der Waals surface area contributed by atoms with Crippen molar-refractivity contribution in [2.45, 2.75) is 77.7 Å². The lowest BCUT2D eigenvalue weighted by Crippen LogP contribution is -2.69. The fourth-order valence-electron chi connectivity index (χ4n) is 8.29. The van der Waals surface area contributed by atoms with Crippen LogP contribution in [0.25, 0.3) is 0 Å². The monoisotopic (exact) mass is 539 g/mol. The zero-order valence-electron chi connectivity index (χ0n) is 22.8. The summed E-state index contributed by atoms with van der Waals surface area (Å²) in [6.45, 7) is 9.41. The van der Waals surface area contributed by atoms with Gasteiger partial charge in [0.25, 0.3) is 0 Å². The van der Waals surface area contributed by atoms with Crippen molar-refractivity contribution in [1.82, 2.24) is 5.32 Å². The van der Waals surface area contributed by atoms with Crippen molar-refractivity contribution < 1.29 is 29.0 Å². The van der Waals surface area contributed by atoms with Crippen LogP contribution in [0.2, 0.25) is 0 Å². The van der Waals surface area contributed by atoms with Gasteiger partial charge in [-0.1, -0.05) is 39.3 Å². The van der Waals surface area contributed by atoms with Crippen molar-refractivity contribution in [2.75, 3.05) is 18.6 Å². The number of thioether (sulfide) groups is 1. The number of rotatable bonds is 7. The molecule has 1 amide bonds. The van der Waals surface area contributed by atoms with E-state index in [-0.39, 0.29) is 47.4 Å². The van der Waals surface area contributed by atoms with Crippen molar-refractivity contribution in [3.63, 3.8) is 0 Å². The Morgan fingerprint density at radius 3 is 2.59 bits per heavy atom. The minimum atomic E-state index is -1.99. The number of amides is 1. The first-order chi connectivity index (χ1) is 17.2. The van der Waals surface area contributed by atoms with Gasteiger partial charge in [-0.15, -0.1) is 0 Å². The van der Waals surface area contributed by atoms with Gasteiger partial charge in [-0.05, 0) is 62.5 Å². The van der Waals surface area contributed by atoms with Crippen LogP contribution in [0.4, 0.5) is 4.39 Å². The molecular weight excluding hydrogens is 497 g/mol. The number of ketones is 2. The summed E-state index contributed by atoms with van der Waals surface area (Å²) in [4.78, 5) is 38.0. The molecule has 3 fully saturated rings. The fraction of sp³-hybridized carbons (Fsp3) is 0.759. The molecule has 6 nitrogen and oxygen atoms in total. The molecule has 3 N–H and O–H groups in total. The molecule has 4 aliphatic carbocycles. The minimum absolute atomic E-state index is 0.0283. The SMILES string of the molecule is CNC(=O)C(CSCC(=O)[C@@]1(O)[C@H](C)C[C@H]2[C@@H]3CCC4=CC(=O)C=C[C@]4(C)[C@@]3(F)[C@@H](O)C[C@@]21C)C([14CH3])[14CH3]. The molecule has 37 heavy (non-hydrogen) atoms. The third-order valence-corrected chi connectivity index (χ3v) is 11.6. The Morgan fingerprint density at radius 2 is 1.97 bits per heavy atom. The molecule has 4 aliphatic rings. The molecule has 0 aromatic carbocycles. The Morgan fingerprint density at radius 1 is 1.30 bits per heavy atom. The van der Waals surface area contributed by atoms with Crippen LogP contribution < -0.4 is 5.32 Å². The third-order valence-electron chi connectivity index (χ3n) is 10.6. The van der Waals surface area contributed by atoms with E-state index in [1.807, 2.05) is 27.7 Å². The molecular formula is C29H42FNO5S. The lowest BCUT2D eigenvalue weighted by atomic mass is 9.44. The number of allylic oxidation sites excluding steroid dienone is 4. The van der Waals surface area contributed by atoms with Gasteiger partial charge >= 0.3 is 0 Å². The van der Waals surface area contributed by atoms with Crippen LogP contribution in [-0.4, -0.2) is 63.6 Å². The molecule has 0 heterocycles. The number of hydrogen-bond acceptors (Lipinski definition) is 6. The van der Waals surface area contributed by atoms with Crippen LogP contribution in [0.1, 0.15) is 60.3 Å². The van der Waals surface area contributed by atoms with Gasteiger partial charge in [0.05, 0.1) is 11.9 Å². The number of carbonyl (C=O) groups excluding carboxylic acids is 3. The summed E-state index contributed by atoms with van der Waals surface area (Å²) < 4.78 is 17.3. The number of nitrogens with one attached hydrogen (secondary N) is 1. The molecule has 0 aromatic heterocycles. The second kappa shape index (κ2) is 9.60. The van der Waals surface area contributed by atoms with Crippen LogP contribution in [0.5, 0.6) is 0 Å². The van der Waals surface area contributed by atoms with Crippen molar-refractivity contribution in [3.05, 3.63) is 23.8 Å². The number of aliphatic hydroxyl groups is 2. The lowest BCUT2D eigenvalue weighted by molar-refractivity contribution is -0.218. The quantitative estimate of drug-likeness (QED) is 0.456. The van der Waals surface area contributed by atoms with Gasteiger partial charge in [-0.25, -0.2) is 4.39 Å². The molecule has 0 saturated heterocycles. The topological polar surface area (TPSA) is 104 Å². The van der Waals surface area contributed by atoms with Crippen LogP contribution in [0.15, 0.2) is 23.8 Å². The first-order valence-electron chi connectivity index (χ1n) is 13.5. The molecule has 206 valence electrons. The number of alkyl halides is 1. The van der Waals surface area contributed by atoms with Crippen molar-refractivity contribution in [2.24, 2.45) is 40.4 Å². The van der Waals surface area contributed by atoms with E-state index in [1.54, 1.807) is 20.0 Å². The highest BCUT2D eigenvalue weighted by Crippen LogP contribution is 2.70. The van der Waals surface area contributed by atoms with E-state index in [9.17, 15) is 24.6 Å². The summed E-state index contributed by atoms with van der Waals surface area (Å²) in [6, 6.07) is 0. The van der Waals surface area contributed by atoms with E-state index in [4.69, 9.17) is 0 Å².